The molecular formula is C11H15BrN2O3. The van der Waals surface area contributed by atoms with E-state index in [1.54, 1.807) is 25.3 Å². The van der Waals surface area contributed by atoms with E-state index in [2.05, 4.69) is 21.2 Å². The summed E-state index contributed by atoms with van der Waals surface area (Å²) >= 11 is 3.16. The number of nitrogens with one attached hydrogen (secondary N) is 1. The first kappa shape index (κ1) is 14.0. The Bertz CT molecular complexity index is 398. The first-order chi connectivity index (χ1) is 8.06. The van der Waals surface area contributed by atoms with Crippen LogP contribution in [-0.2, 0) is 9.53 Å². The third kappa shape index (κ3) is 3.99. The molecule has 0 saturated heterocycles. The number of hydrogen-bond donors (Lipinski definition) is 3. The van der Waals surface area contributed by atoms with Gasteiger partial charge in [0.15, 0.2) is 5.75 Å². The number of carbonyl (C=O) groups excluding carboxylic acids is 1. The molecule has 0 aliphatic heterocycles. The molecule has 5 nitrogen and oxygen atoms in total. The standard InChI is InChI=1S/C11H15BrN2O3/c1-17-6-5-8(13)11(16)14-9-4-2-3-7(12)10(9)15/h2-4,8,15H,5-6,13H2,1H3,(H,14,16). The van der Waals surface area contributed by atoms with Crippen LogP contribution in [0, 0.1) is 0 Å². The van der Waals surface area contributed by atoms with Gasteiger partial charge in [-0.25, -0.2) is 0 Å². The predicted octanol–water partition coefficient (Wildman–Crippen LogP) is 1.46. The molecule has 94 valence electrons. The van der Waals surface area contributed by atoms with Crippen LogP contribution in [0.5, 0.6) is 5.75 Å². The minimum Gasteiger partial charge on any atom is -0.505 e. The number of hydrogen-bond acceptors (Lipinski definition) is 4. The first-order valence-corrected chi connectivity index (χ1v) is 5.88. The second kappa shape index (κ2) is 6.58. The normalized spacial score (nSPS) is 12.2. The van der Waals surface area contributed by atoms with Crippen molar-refractivity contribution < 1.29 is 14.6 Å². The molecule has 0 saturated carbocycles. The zero-order valence-corrected chi connectivity index (χ0v) is 11.0. The topological polar surface area (TPSA) is 84.6 Å². The number of halogens is 1. The number of aromatic hydroxyl groups is 1. The van der Waals surface area contributed by atoms with Gasteiger partial charge in [0.2, 0.25) is 5.91 Å². The van der Waals surface area contributed by atoms with Crippen LogP contribution < -0.4 is 11.1 Å². The molecule has 4 N–H and O–H groups in total. The van der Waals surface area contributed by atoms with Crippen molar-refractivity contribution in [2.45, 2.75) is 12.5 Å². The molecule has 0 radical (unpaired) electrons. The van der Waals surface area contributed by atoms with Crippen molar-refractivity contribution in [3.8, 4) is 5.75 Å². The number of rotatable bonds is 5. The Balaban J connectivity index is 2.64. The lowest BCUT2D eigenvalue weighted by Crippen LogP contribution is -2.36. The van der Waals surface area contributed by atoms with Crippen LogP contribution >= 0.6 is 15.9 Å². The number of para-hydroxylation sites is 1. The van der Waals surface area contributed by atoms with E-state index in [0.29, 0.717) is 23.2 Å². The summed E-state index contributed by atoms with van der Waals surface area (Å²) in [6, 6.07) is 4.32. The van der Waals surface area contributed by atoms with E-state index in [9.17, 15) is 9.90 Å². The van der Waals surface area contributed by atoms with Gasteiger partial charge in [0, 0.05) is 13.7 Å². The highest BCUT2D eigenvalue weighted by atomic mass is 79.9. The summed E-state index contributed by atoms with van der Waals surface area (Å²) in [6.07, 6.45) is 0.428. The number of methoxy groups -OCH3 is 1. The van der Waals surface area contributed by atoms with Crippen molar-refractivity contribution in [1.82, 2.24) is 0 Å². The largest absolute Gasteiger partial charge is 0.505 e. The van der Waals surface area contributed by atoms with Gasteiger partial charge in [-0.1, -0.05) is 6.07 Å². The van der Waals surface area contributed by atoms with Gasteiger partial charge in [-0.05, 0) is 34.5 Å². The van der Waals surface area contributed by atoms with E-state index in [1.165, 1.54) is 0 Å². The van der Waals surface area contributed by atoms with Crippen molar-refractivity contribution >= 4 is 27.5 Å². The molecule has 0 bridgehead atoms. The maximum Gasteiger partial charge on any atom is 0.241 e. The molecule has 0 aromatic heterocycles. The molecule has 0 aliphatic rings. The molecule has 1 rings (SSSR count). The minimum atomic E-state index is -0.659. The van der Waals surface area contributed by atoms with Crippen molar-refractivity contribution in [3.63, 3.8) is 0 Å². The van der Waals surface area contributed by atoms with Gasteiger partial charge < -0.3 is 20.9 Å². The fraction of sp³-hybridized carbons (Fsp3) is 0.364. The second-order valence-electron chi connectivity index (χ2n) is 3.51. The number of ether oxygens (including phenoxy) is 1. The Morgan fingerprint density at radius 3 is 3.00 bits per heavy atom. The fourth-order valence-corrected chi connectivity index (χ4v) is 1.58. The second-order valence-corrected chi connectivity index (χ2v) is 4.37. The monoisotopic (exact) mass is 302 g/mol. The molecule has 1 atom stereocenters. The summed E-state index contributed by atoms with van der Waals surface area (Å²) in [5.41, 5.74) is 5.98. The summed E-state index contributed by atoms with van der Waals surface area (Å²) in [7, 11) is 1.55. The van der Waals surface area contributed by atoms with Crippen molar-refractivity contribution in [1.29, 1.82) is 0 Å². The Morgan fingerprint density at radius 1 is 1.65 bits per heavy atom. The summed E-state index contributed by atoms with van der Waals surface area (Å²) in [4.78, 5) is 11.7. The predicted molar refractivity (Wildman–Crippen MR) is 68.9 cm³/mol. The van der Waals surface area contributed by atoms with Crippen LogP contribution in [0.1, 0.15) is 6.42 Å². The SMILES string of the molecule is COCCC(N)C(=O)Nc1cccc(Br)c1O. The zero-order chi connectivity index (χ0) is 12.8. The van der Waals surface area contributed by atoms with Crippen LogP contribution in [0.25, 0.3) is 0 Å². The first-order valence-electron chi connectivity index (χ1n) is 5.09. The molecule has 1 aromatic rings. The summed E-state index contributed by atoms with van der Waals surface area (Å²) < 4.78 is 5.35. The Morgan fingerprint density at radius 2 is 2.35 bits per heavy atom. The zero-order valence-electron chi connectivity index (χ0n) is 9.44. The van der Waals surface area contributed by atoms with E-state index in [0.717, 1.165) is 0 Å². The van der Waals surface area contributed by atoms with Gasteiger partial charge in [-0.3, -0.25) is 4.79 Å². The molecule has 1 aromatic carbocycles. The molecular weight excluding hydrogens is 288 g/mol. The van der Waals surface area contributed by atoms with E-state index in [-0.39, 0.29) is 11.7 Å². The number of phenols is 1. The smallest absolute Gasteiger partial charge is 0.241 e. The highest BCUT2D eigenvalue weighted by Crippen LogP contribution is 2.31. The molecule has 0 fully saturated rings. The van der Waals surface area contributed by atoms with Gasteiger partial charge in [0.25, 0.3) is 0 Å². The molecule has 0 heterocycles. The molecule has 1 unspecified atom stereocenters. The molecule has 6 heteroatoms. The van der Waals surface area contributed by atoms with Crippen LogP contribution in [0.4, 0.5) is 5.69 Å². The van der Waals surface area contributed by atoms with Gasteiger partial charge in [-0.2, -0.15) is 0 Å². The quantitative estimate of drug-likeness (QED) is 0.719. The van der Waals surface area contributed by atoms with Crippen molar-refractivity contribution in [2.24, 2.45) is 5.73 Å². The molecule has 0 aliphatic carbocycles. The lowest BCUT2D eigenvalue weighted by Gasteiger charge is -2.13. The van der Waals surface area contributed by atoms with Crippen molar-refractivity contribution in [3.05, 3.63) is 22.7 Å². The minimum absolute atomic E-state index is 0.0141. The summed E-state index contributed by atoms with van der Waals surface area (Å²) in [5, 5.41) is 12.2. The lowest BCUT2D eigenvalue weighted by molar-refractivity contribution is -0.117. The number of anilines is 1. The molecule has 1 amide bonds. The number of carbonyl (C=O) groups is 1. The van der Waals surface area contributed by atoms with Crippen molar-refractivity contribution in [2.75, 3.05) is 19.0 Å². The average molecular weight is 303 g/mol. The molecule has 0 spiro atoms. The summed E-state index contributed by atoms with van der Waals surface area (Å²) in [6.45, 7) is 0.416. The maximum absolute atomic E-state index is 11.7. The van der Waals surface area contributed by atoms with E-state index in [1.807, 2.05) is 0 Å². The van der Waals surface area contributed by atoms with E-state index in [4.69, 9.17) is 10.5 Å². The Kier molecular flexibility index (Phi) is 5.40. The highest BCUT2D eigenvalue weighted by molar-refractivity contribution is 9.10. The maximum atomic E-state index is 11.7. The third-order valence-electron chi connectivity index (χ3n) is 2.21. The summed E-state index contributed by atoms with van der Waals surface area (Å²) in [5.74, 6) is -0.366. The van der Waals surface area contributed by atoms with Crippen LogP contribution in [0.3, 0.4) is 0 Å². The number of phenolic OH excluding ortho intramolecular Hbond substituents is 1. The Hall–Kier alpha value is -1.11. The third-order valence-corrected chi connectivity index (χ3v) is 2.85. The van der Waals surface area contributed by atoms with Gasteiger partial charge in [0.1, 0.15) is 0 Å². The number of nitrogens with two attached hydrogens (primary N) is 1. The van der Waals surface area contributed by atoms with Crippen LogP contribution in [0.15, 0.2) is 22.7 Å². The Labute approximate surface area is 108 Å². The number of benzene rings is 1. The van der Waals surface area contributed by atoms with E-state index >= 15 is 0 Å². The van der Waals surface area contributed by atoms with E-state index < -0.39 is 6.04 Å². The van der Waals surface area contributed by atoms with Gasteiger partial charge >= 0.3 is 0 Å². The lowest BCUT2D eigenvalue weighted by atomic mass is 10.2. The van der Waals surface area contributed by atoms with Gasteiger partial charge in [-0.15, -0.1) is 0 Å². The fourth-order valence-electron chi connectivity index (χ4n) is 1.22. The van der Waals surface area contributed by atoms with Crippen LogP contribution in [-0.4, -0.2) is 30.8 Å². The highest BCUT2D eigenvalue weighted by Gasteiger charge is 2.15. The van der Waals surface area contributed by atoms with Gasteiger partial charge in [0.05, 0.1) is 16.2 Å². The average Bonchev–Trinajstić information content (AvgIpc) is 2.31. The van der Waals surface area contributed by atoms with Crippen LogP contribution in [0.2, 0.25) is 0 Å². The number of amides is 1. The molecule has 17 heavy (non-hydrogen) atoms.